The average molecular weight is 266 g/mol. The fraction of sp³-hybridized carbons (Fsp3) is 0.769. The summed E-state index contributed by atoms with van der Waals surface area (Å²) >= 11 is 0. The second-order valence-electron chi connectivity index (χ2n) is 5.53. The minimum atomic E-state index is 0.133. The van der Waals surface area contributed by atoms with Gasteiger partial charge in [0.25, 0.3) is 0 Å². The molecule has 0 bridgehead atoms. The third-order valence-electron chi connectivity index (χ3n) is 3.69. The summed E-state index contributed by atoms with van der Waals surface area (Å²) in [6.07, 6.45) is 3.80. The van der Waals surface area contributed by atoms with Crippen LogP contribution < -0.4 is 11.2 Å². The van der Waals surface area contributed by atoms with Crippen molar-refractivity contribution < 1.29 is 0 Å². The van der Waals surface area contributed by atoms with Gasteiger partial charge in [-0.15, -0.1) is 0 Å². The Morgan fingerprint density at radius 3 is 2.58 bits per heavy atom. The van der Waals surface area contributed by atoms with Crippen molar-refractivity contribution in [3.05, 3.63) is 18.2 Å². The van der Waals surface area contributed by atoms with Crippen LogP contribution in [0.5, 0.6) is 0 Å². The molecule has 1 atom stereocenters. The van der Waals surface area contributed by atoms with Gasteiger partial charge >= 0.3 is 0 Å². The first kappa shape index (κ1) is 14.5. The number of piperazine rings is 1. The molecule has 1 aliphatic heterocycles. The van der Waals surface area contributed by atoms with E-state index < -0.39 is 0 Å². The van der Waals surface area contributed by atoms with Gasteiger partial charge in [0.15, 0.2) is 0 Å². The number of nitrogens with one attached hydrogen (secondary N) is 1. The summed E-state index contributed by atoms with van der Waals surface area (Å²) < 4.78 is 2.18. The zero-order chi connectivity index (χ0) is 13.8. The third-order valence-corrected chi connectivity index (χ3v) is 3.69. The molecule has 6 nitrogen and oxygen atoms in total. The van der Waals surface area contributed by atoms with Crippen molar-refractivity contribution in [3.63, 3.8) is 0 Å². The first-order chi connectivity index (χ1) is 9.11. The molecule has 0 aromatic carbocycles. The molecular weight excluding hydrogens is 240 g/mol. The number of imidazole rings is 1. The SMILES string of the molecule is CC(C)n1cncc1C(CN)NN1CCN(C)CC1. The molecular formula is C13H26N6. The lowest BCUT2D eigenvalue weighted by Gasteiger charge is -2.35. The van der Waals surface area contributed by atoms with E-state index in [9.17, 15) is 0 Å². The number of rotatable bonds is 5. The summed E-state index contributed by atoms with van der Waals surface area (Å²) in [6, 6.07) is 0.536. The van der Waals surface area contributed by atoms with E-state index in [-0.39, 0.29) is 6.04 Å². The van der Waals surface area contributed by atoms with Gasteiger partial charge in [-0.25, -0.2) is 15.4 Å². The first-order valence-electron chi connectivity index (χ1n) is 7.03. The Hall–Kier alpha value is -0.950. The standard InChI is InChI=1S/C13H26N6/c1-11(2)19-10-15-9-13(19)12(8-14)16-18-6-4-17(3)5-7-18/h9-12,16H,4-8,14H2,1-3H3. The molecule has 1 aliphatic rings. The monoisotopic (exact) mass is 266 g/mol. The van der Waals surface area contributed by atoms with Gasteiger partial charge in [-0.2, -0.15) is 0 Å². The van der Waals surface area contributed by atoms with Crippen LogP contribution in [0.3, 0.4) is 0 Å². The van der Waals surface area contributed by atoms with E-state index in [2.05, 4.69) is 45.8 Å². The number of hydrogen-bond acceptors (Lipinski definition) is 5. The van der Waals surface area contributed by atoms with E-state index in [1.165, 1.54) is 0 Å². The van der Waals surface area contributed by atoms with E-state index in [0.29, 0.717) is 12.6 Å². The zero-order valence-corrected chi connectivity index (χ0v) is 12.2. The molecule has 0 amide bonds. The summed E-state index contributed by atoms with van der Waals surface area (Å²) in [5.41, 5.74) is 10.6. The summed E-state index contributed by atoms with van der Waals surface area (Å²) in [4.78, 5) is 6.60. The maximum absolute atomic E-state index is 5.94. The molecule has 6 heteroatoms. The molecule has 3 N–H and O–H groups in total. The Kier molecular flexibility index (Phi) is 4.93. The molecule has 0 spiro atoms. The average Bonchev–Trinajstić information content (AvgIpc) is 2.87. The zero-order valence-electron chi connectivity index (χ0n) is 12.2. The van der Waals surface area contributed by atoms with Crippen LogP contribution in [0.4, 0.5) is 0 Å². The number of aromatic nitrogens is 2. The molecule has 2 heterocycles. The number of likely N-dealkylation sites (N-methyl/N-ethyl adjacent to an activating group) is 1. The molecule has 1 aromatic rings. The first-order valence-corrected chi connectivity index (χ1v) is 7.03. The topological polar surface area (TPSA) is 62.4 Å². The van der Waals surface area contributed by atoms with Crippen LogP contribution in [0.2, 0.25) is 0 Å². The highest BCUT2D eigenvalue weighted by Crippen LogP contribution is 2.17. The molecule has 2 rings (SSSR count). The number of hydrogen-bond donors (Lipinski definition) is 2. The lowest BCUT2D eigenvalue weighted by Crippen LogP contribution is -2.52. The molecule has 1 aromatic heterocycles. The van der Waals surface area contributed by atoms with E-state index in [1.807, 2.05) is 12.5 Å². The van der Waals surface area contributed by atoms with Gasteiger partial charge in [0.1, 0.15) is 0 Å². The summed E-state index contributed by atoms with van der Waals surface area (Å²) in [5, 5.41) is 2.27. The Balaban J connectivity index is 2.01. The summed E-state index contributed by atoms with van der Waals surface area (Å²) in [6.45, 7) is 9.14. The smallest absolute Gasteiger partial charge is 0.0951 e. The third kappa shape index (κ3) is 3.54. The highest BCUT2D eigenvalue weighted by Gasteiger charge is 2.20. The van der Waals surface area contributed by atoms with Crippen LogP contribution in [-0.4, -0.2) is 59.2 Å². The molecule has 0 radical (unpaired) electrons. The van der Waals surface area contributed by atoms with Crippen LogP contribution in [-0.2, 0) is 0 Å². The Morgan fingerprint density at radius 2 is 2.00 bits per heavy atom. The van der Waals surface area contributed by atoms with Crippen LogP contribution >= 0.6 is 0 Å². The molecule has 0 aliphatic carbocycles. The van der Waals surface area contributed by atoms with Gasteiger partial charge in [-0.1, -0.05) is 0 Å². The quantitative estimate of drug-likeness (QED) is 0.798. The maximum atomic E-state index is 5.94. The van der Waals surface area contributed by atoms with E-state index >= 15 is 0 Å². The van der Waals surface area contributed by atoms with Crippen molar-refractivity contribution in [1.29, 1.82) is 0 Å². The van der Waals surface area contributed by atoms with Crippen molar-refractivity contribution in [3.8, 4) is 0 Å². The Morgan fingerprint density at radius 1 is 1.32 bits per heavy atom. The van der Waals surface area contributed by atoms with Crippen LogP contribution in [0, 0.1) is 0 Å². The second-order valence-corrected chi connectivity index (χ2v) is 5.53. The van der Waals surface area contributed by atoms with E-state index in [0.717, 1.165) is 31.9 Å². The number of hydrazine groups is 1. The predicted octanol–water partition coefficient (Wildman–Crippen LogP) is 0.216. The second kappa shape index (κ2) is 6.47. The van der Waals surface area contributed by atoms with Crippen LogP contribution in [0.15, 0.2) is 12.5 Å². The van der Waals surface area contributed by atoms with Crippen molar-refractivity contribution >= 4 is 0 Å². The van der Waals surface area contributed by atoms with Crippen LogP contribution in [0.1, 0.15) is 31.6 Å². The number of nitrogens with zero attached hydrogens (tertiary/aromatic N) is 4. The molecule has 0 saturated carbocycles. The summed E-state index contributed by atoms with van der Waals surface area (Å²) in [7, 11) is 2.16. The number of nitrogens with two attached hydrogens (primary N) is 1. The van der Waals surface area contributed by atoms with Gasteiger partial charge in [0.05, 0.1) is 18.1 Å². The fourth-order valence-electron chi connectivity index (χ4n) is 2.41. The molecule has 1 unspecified atom stereocenters. The van der Waals surface area contributed by atoms with Gasteiger partial charge < -0.3 is 15.2 Å². The van der Waals surface area contributed by atoms with Crippen LogP contribution in [0.25, 0.3) is 0 Å². The highest BCUT2D eigenvalue weighted by atomic mass is 15.5. The lowest BCUT2D eigenvalue weighted by molar-refractivity contribution is 0.0863. The van der Waals surface area contributed by atoms with Gasteiger partial charge in [-0.3, -0.25) is 0 Å². The van der Waals surface area contributed by atoms with E-state index in [1.54, 1.807) is 0 Å². The largest absolute Gasteiger partial charge is 0.331 e. The van der Waals surface area contributed by atoms with Crippen molar-refractivity contribution in [2.45, 2.75) is 25.9 Å². The highest BCUT2D eigenvalue weighted by molar-refractivity contribution is 5.07. The van der Waals surface area contributed by atoms with Gasteiger partial charge in [0, 0.05) is 45.0 Å². The Labute approximate surface area is 115 Å². The van der Waals surface area contributed by atoms with Crippen molar-refractivity contribution in [2.24, 2.45) is 5.73 Å². The van der Waals surface area contributed by atoms with E-state index in [4.69, 9.17) is 5.73 Å². The van der Waals surface area contributed by atoms with Gasteiger partial charge in [0.2, 0.25) is 0 Å². The minimum absolute atomic E-state index is 0.133. The fourth-order valence-corrected chi connectivity index (χ4v) is 2.41. The van der Waals surface area contributed by atoms with Crippen molar-refractivity contribution in [1.82, 2.24) is 24.9 Å². The molecule has 1 fully saturated rings. The molecule has 1 saturated heterocycles. The Bertz CT molecular complexity index is 380. The minimum Gasteiger partial charge on any atom is -0.331 e. The molecule has 108 valence electrons. The lowest BCUT2D eigenvalue weighted by atomic mass is 10.2. The van der Waals surface area contributed by atoms with Gasteiger partial charge in [-0.05, 0) is 20.9 Å². The normalized spacial score (nSPS) is 20.1. The maximum Gasteiger partial charge on any atom is 0.0951 e. The summed E-state index contributed by atoms with van der Waals surface area (Å²) in [5.74, 6) is 0. The predicted molar refractivity (Wildman–Crippen MR) is 76.6 cm³/mol. The molecule has 19 heavy (non-hydrogen) atoms. The van der Waals surface area contributed by atoms with Crippen molar-refractivity contribution in [2.75, 3.05) is 39.8 Å².